The average molecular weight is 279 g/mol. The number of ether oxygens (including phenoxy) is 2. The molecular weight excluding hydrogens is 266 g/mol. The van der Waals surface area contributed by atoms with Crippen molar-refractivity contribution in [2.24, 2.45) is 14.1 Å². The number of fused-ring (bicyclic) bond motifs is 1. The third-order valence-corrected chi connectivity index (χ3v) is 3.31. The van der Waals surface area contributed by atoms with Gasteiger partial charge in [0.05, 0.1) is 13.2 Å². The molecule has 0 bridgehead atoms. The molecule has 3 rings (SSSR count). The van der Waals surface area contributed by atoms with Crippen LogP contribution in [0.2, 0.25) is 0 Å². The predicted molar refractivity (Wildman–Crippen MR) is 67.1 cm³/mol. The van der Waals surface area contributed by atoms with Crippen molar-refractivity contribution >= 4 is 11.2 Å². The lowest BCUT2D eigenvalue weighted by Gasteiger charge is -2.19. The van der Waals surface area contributed by atoms with E-state index < -0.39 is 17.0 Å². The van der Waals surface area contributed by atoms with E-state index in [0.717, 1.165) is 4.57 Å². The van der Waals surface area contributed by atoms with Crippen LogP contribution in [0.15, 0.2) is 9.59 Å². The van der Waals surface area contributed by atoms with Crippen LogP contribution in [0.5, 0.6) is 0 Å². The predicted octanol–water partition coefficient (Wildman–Crippen LogP) is -1.36. The van der Waals surface area contributed by atoms with Crippen LogP contribution in [-0.2, 0) is 29.4 Å². The Kier molecular flexibility index (Phi) is 2.69. The van der Waals surface area contributed by atoms with Crippen molar-refractivity contribution in [3.63, 3.8) is 0 Å². The van der Waals surface area contributed by atoms with Gasteiger partial charge in [-0.15, -0.1) is 10.2 Å². The zero-order chi connectivity index (χ0) is 14.5. The van der Waals surface area contributed by atoms with E-state index in [1.807, 2.05) is 0 Å². The average Bonchev–Trinajstić information content (AvgIpc) is 2.90. The molecule has 0 aliphatic carbocycles. The monoisotopic (exact) mass is 279 g/mol. The van der Waals surface area contributed by atoms with E-state index in [9.17, 15) is 9.59 Å². The molecule has 0 N–H and O–H groups in total. The topological polar surface area (TPSA) is 101 Å². The Hall–Kier alpha value is -2.13. The summed E-state index contributed by atoms with van der Waals surface area (Å²) in [6.07, 6.45) is 0. The van der Waals surface area contributed by atoms with E-state index in [0.29, 0.717) is 13.2 Å². The lowest BCUT2D eigenvalue weighted by atomic mass is 10.3. The summed E-state index contributed by atoms with van der Waals surface area (Å²) < 4.78 is 13.1. The molecule has 0 spiro atoms. The van der Waals surface area contributed by atoms with E-state index in [1.54, 1.807) is 6.92 Å². The number of hydrogen-bond acceptors (Lipinski definition) is 7. The first kappa shape index (κ1) is 12.9. The highest BCUT2D eigenvalue weighted by atomic mass is 16.7. The number of aromatic nitrogens is 5. The Bertz CT molecular complexity index is 803. The van der Waals surface area contributed by atoms with Gasteiger partial charge in [0.2, 0.25) is 11.6 Å². The molecule has 0 aromatic carbocycles. The Morgan fingerprint density at radius 2 is 1.75 bits per heavy atom. The third kappa shape index (κ3) is 1.67. The van der Waals surface area contributed by atoms with Crippen LogP contribution in [0.1, 0.15) is 12.7 Å². The molecule has 20 heavy (non-hydrogen) atoms. The summed E-state index contributed by atoms with van der Waals surface area (Å²) in [6, 6.07) is 0. The lowest BCUT2D eigenvalue weighted by Crippen LogP contribution is -2.38. The summed E-state index contributed by atoms with van der Waals surface area (Å²) >= 11 is 0. The maximum Gasteiger partial charge on any atom is 0.332 e. The summed E-state index contributed by atoms with van der Waals surface area (Å²) in [5, 5.41) is 7.82. The van der Waals surface area contributed by atoms with Gasteiger partial charge in [-0.3, -0.25) is 13.9 Å². The minimum atomic E-state index is -1.11. The van der Waals surface area contributed by atoms with Gasteiger partial charge in [-0.1, -0.05) is 0 Å². The van der Waals surface area contributed by atoms with Crippen LogP contribution in [0, 0.1) is 0 Å². The maximum atomic E-state index is 12.1. The fourth-order valence-corrected chi connectivity index (χ4v) is 2.09. The van der Waals surface area contributed by atoms with Crippen LogP contribution >= 0.6 is 0 Å². The van der Waals surface area contributed by atoms with Crippen molar-refractivity contribution in [2.45, 2.75) is 12.7 Å². The summed E-state index contributed by atoms with van der Waals surface area (Å²) in [7, 11) is 2.89. The van der Waals surface area contributed by atoms with Crippen LogP contribution < -0.4 is 11.2 Å². The smallest absolute Gasteiger partial charge is 0.332 e. The third-order valence-electron chi connectivity index (χ3n) is 3.31. The number of hydrogen-bond donors (Lipinski definition) is 0. The summed E-state index contributed by atoms with van der Waals surface area (Å²) in [5.74, 6) is -0.945. The zero-order valence-electron chi connectivity index (χ0n) is 11.3. The summed E-state index contributed by atoms with van der Waals surface area (Å²) in [5.41, 5.74) is -0.824. The Labute approximate surface area is 112 Å². The molecule has 2 aromatic rings. The van der Waals surface area contributed by atoms with E-state index >= 15 is 0 Å². The molecule has 1 aliphatic heterocycles. The van der Waals surface area contributed by atoms with Crippen LogP contribution in [0.25, 0.3) is 11.2 Å². The standard InChI is InChI=1S/C11H13N5O4/c1-11(19-4-5-20-11)9-12-6-7(13-14-9)15(2)10(18)16(3)8(6)17/h4-5H2,1-3H3. The molecule has 0 amide bonds. The van der Waals surface area contributed by atoms with Crippen LogP contribution in [-0.4, -0.2) is 37.5 Å². The highest BCUT2D eigenvalue weighted by Gasteiger charge is 2.37. The van der Waals surface area contributed by atoms with E-state index in [2.05, 4.69) is 15.2 Å². The molecule has 2 aromatic heterocycles. The normalized spacial score (nSPS) is 17.8. The maximum absolute atomic E-state index is 12.1. The SMILES string of the molecule is Cn1c(=O)c2nc(C3(C)OCCO3)nnc2n(C)c1=O. The second-order valence-corrected chi connectivity index (χ2v) is 4.66. The molecule has 1 aliphatic rings. The quantitative estimate of drug-likeness (QED) is 0.635. The van der Waals surface area contributed by atoms with Crippen molar-refractivity contribution in [2.75, 3.05) is 13.2 Å². The fourth-order valence-electron chi connectivity index (χ4n) is 2.09. The largest absolute Gasteiger partial charge is 0.341 e. The van der Waals surface area contributed by atoms with Gasteiger partial charge in [0.1, 0.15) is 0 Å². The van der Waals surface area contributed by atoms with Gasteiger partial charge >= 0.3 is 5.69 Å². The van der Waals surface area contributed by atoms with E-state index in [-0.39, 0.29) is 17.0 Å². The highest BCUT2D eigenvalue weighted by molar-refractivity contribution is 5.67. The van der Waals surface area contributed by atoms with Gasteiger partial charge in [0.25, 0.3) is 5.56 Å². The molecule has 1 fully saturated rings. The summed E-state index contributed by atoms with van der Waals surface area (Å²) in [4.78, 5) is 28.1. The van der Waals surface area contributed by atoms with Gasteiger partial charge < -0.3 is 9.47 Å². The molecule has 9 nitrogen and oxygen atoms in total. The van der Waals surface area contributed by atoms with E-state index in [1.165, 1.54) is 18.7 Å². The second-order valence-electron chi connectivity index (χ2n) is 4.66. The first-order valence-electron chi connectivity index (χ1n) is 6.03. The highest BCUT2D eigenvalue weighted by Crippen LogP contribution is 2.27. The lowest BCUT2D eigenvalue weighted by molar-refractivity contribution is -0.156. The molecule has 0 radical (unpaired) electrons. The van der Waals surface area contributed by atoms with Crippen LogP contribution in [0.3, 0.4) is 0 Å². The van der Waals surface area contributed by atoms with Crippen molar-refractivity contribution in [1.82, 2.24) is 24.3 Å². The molecule has 0 unspecified atom stereocenters. The number of aryl methyl sites for hydroxylation is 1. The van der Waals surface area contributed by atoms with E-state index in [4.69, 9.17) is 9.47 Å². The Balaban J connectivity index is 2.32. The molecule has 3 heterocycles. The molecule has 9 heteroatoms. The molecular formula is C11H13N5O4. The fraction of sp³-hybridized carbons (Fsp3) is 0.545. The summed E-state index contributed by atoms with van der Waals surface area (Å²) in [6.45, 7) is 2.50. The van der Waals surface area contributed by atoms with Crippen LogP contribution in [0.4, 0.5) is 0 Å². The zero-order valence-corrected chi connectivity index (χ0v) is 11.3. The first-order chi connectivity index (χ1) is 9.44. The minimum Gasteiger partial charge on any atom is -0.341 e. The van der Waals surface area contributed by atoms with Gasteiger partial charge in [-0.05, 0) is 6.92 Å². The molecule has 0 saturated carbocycles. The van der Waals surface area contributed by atoms with Crippen molar-refractivity contribution in [3.8, 4) is 0 Å². The van der Waals surface area contributed by atoms with Gasteiger partial charge in [0, 0.05) is 14.1 Å². The molecule has 1 saturated heterocycles. The molecule has 106 valence electrons. The first-order valence-corrected chi connectivity index (χ1v) is 6.03. The van der Waals surface area contributed by atoms with Crippen molar-refractivity contribution < 1.29 is 9.47 Å². The Morgan fingerprint density at radius 1 is 1.10 bits per heavy atom. The second kappa shape index (κ2) is 4.18. The van der Waals surface area contributed by atoms with Crippen molar-refractivity contribution in [3.05, 3.63) is 26.7 Å². The minimum absolute atomic E-state index is 0.0555. The van der Waals surface area contributed by atoms with Gasteiger partial charge in [0.15, 0.2) is 11.2 Å². The van der Waals surface area contributed by atoms with Crippen molar-refractivity contribution in [1.29, 1.82) is 0 Å². The number of rotatable bonds is 1. The number of nitrogens with zero attached hydrogens (tertiary/aromatic N) is 5. The van der Waals surface area contributed by atoms with Gasteiger partial charge in [-0.25, -0.2) is 9.78 Å². The van der Waals surface area contributed by atoms with Gasteiger partial charge in [-0.2, -0.15) is 0 Å². The molecule has 0 atom stereocenters. The Morgan fingerprint density at radius 3 is 2.40 bits per heavy atom.